The number of amides is 1. The Hall–Kier alpha value is -1.07. The van der Waals surface area contributed by atoms with Crippen LogP contribution in [0.25, 0.3) is 0 Å². The number of aliphatic hydroxyl groups excluding tert-OH is 1. The second-order valence-electron chi connectivity index (χ2n) is 5.90. The highest BCUT2D eigenvalue weighted by Crippen LogP contribution is 2.31. The highest BCUT2D eigenvalue weighted by Gasteiger charge is 2.47. The summed E-state index contributed by atoms with van der Waals surface area (Å²) in [5.41, 5.74) is -1.38. The maximum Gasteiger partial charge on any atom is 0.413 e. The van der Waals surface area contributed by atoms with Crippen molar-refractivity contribution in [2.45, 2.75) is 58.1 Å². The Kier molecular flexibility index (Phi) is 4.08. The van der Waals surface area contributed by atoms with Crippen LogP contribution in [0.4, 0.5) is 4.79 Å². The van der Waals surface area contributed by atoms with Crippen molar-refractivity contribution in [1.29, 1.82) is 0 Å². The summed E-state index contributed by atoms with van der Waals surface area (Å²) >= 11 is 0. The summed E-state index contributed by atoms with van der Waals surface area (Å²) in [6.07, 6.45) is 0.0717. The van der Waals surface area contributed by atoms with Gasteiger partial charge in [-0.05, 0) is 34.6 Å². The Morgan fingerprint density at radius 2 is 2.17 bits per heavy atom. The molecule has 1 saturated heterocycles. The topological polar surface area (TPSA) is 59.0 Å². The molecule has 1 rings (SSSR count). The highest BCUT2D eigenvalue weighted by molar-refractivity contribution is 5.70. The Labute approximate surface area is 108 Å². The molecule has 0 aliphatic carbocycles. The third-order valence-electron chi connectivity index (χ3n) is 2.75. The molecule has 0 aromatic carbocycles. The molecule has 1 N–H and O–H groups in total. The van der Waals surface area contributed by atoms with E-state index in [1.54, 1.807) is 34.6 Å². The number of carbonyl (C=O) groups excluding carboxylic acids is 1. The summed E-state index contributed by atoms with van der Waals surface area (Å²) in [6.45, 7) is 12.7. The van der Waals surface area contributed by atoms with Crippen molar-refractivity contribution in [2.75, 3.05) is 6.61 Å². The van der Waals surface area contributed by atoms with Crippen molar-refractivity contribution < 1.29 is 19.4 Å². The Morgan fingerprint density at radius 1 is 1.61 bits per heavy atom. The van der Waals surface area contributed by atoms with E-state index in [9.17, 15) is 9.90 Å². The van der Waals surface area contributed by atoms with Crippen molar-refractivity contribution in [3.63, 3.8) is 0 Å². The molecule has 0 aromatic rings. The van der Waals surface area contributed by atoms with E-state index in [-0.39, 0.29) is 6.61 Å². The van der Waals surface area contributed by atoms with Crippen LogP contribution in [0, 0.1) is 0 Å². The zero-order valence-corrected chi connectivity index (χ0v) is 11.8. The molecule has 0 aromatic heterocycles. The fourth-order valence-corrected chi connectivity index (χ4v) is 1.91. The van der Waals surface area contributed by atoms with Crippen LogP contribution in [-0.2, 0) is 9.47 Å². The lowest BCUT2D eigenvalue weighted by atomic mass is 10.1. The summed E-state index contributed by atoms with van der Waals surface area (Å²) in [6, 6.07) is -0.465. The van der Waals surface area contributed by atoms with Crippen LogP contribution >= 0.6 is 0 Å². The van der Waals surface area contributed by atoms with Gasteiger partial charge in [0.1, 0.15) is 11.3 Å². The summed E-state index contributed by atoms with van der Waals surface area (Å²) in [5.74, 6) is 0. The number of carbonyl (C=O) groups is 1. The molecule has 1 amide bonds. The Morgan fingerprint density at radius 3 is 2.61 bits per heavy atom. The molecule has 0 bridgehead atoms. The molecular formula is C13H23NO4. The van der Waals surface area contributed by atoms with E-state index in [2.05, 4.69) is 6.58 Å². The van der Waals surface area contributed by atoms with Gasteiger partial charge in [-0.1, -0.05) is 6.08 Å². The van der Waals surface area contributed by atoms with Gasteiger partial charge < -0.3 is 14.6 Å². The lowest BCUT2D eigenvalue weighted by Crippen LogP contribution is -2.52. The normalized spacial score (nSPS) is 24.8. The molecule has 1 heterocycles. The molecule has 0 radical (unpaired) electrons. The van der Waals surface area contributed by atoms with Crippen LogP contribution in [0.3, 0.4) is 0 Å². The van der Waals surface area contributed by atoms with Crippen LogP contribution in [0.1, 0.15) is 34.6 Å². The van der Waals surface area contributed by atoms with Gasteiger partial charge in [-0.2, -0.15) is 0 Å². The van der Waals surface area contributed by atoms with Gasteiger partial charge >= 0.3 is 6.09 Å². The van der Waals surface area contributed by atoms with Crippen LogP contribution < -0.4 is 0 Å². The minimum atomic E-state index is -0.834. The first kappa shape index (κ1) is 15.0. The number of hydrogen-bond acceptors (Lipinski definition) is 4. The van der Waals surface area contributed by atoms with E-state index in [1.807, 2.05) is 0 Å². The quantitative estimate of drug-likeness (QED) is 0.768. The average Bonchev–Trinajstić information content (AvgIpc) is 2.50. The van der Waals surface area contributed by atoms with Crippen LogP contribution in [-0.4, -0.2) is 46.2 Å². The van der Waals surface area contributed by atoms with E-state index in [4.69, 9.17) is 9.47 Å². The van der Waals surface area contributed by atoms with Gasteiger partial charge in [-0.3, -0.25) is 4.90 Å². The zero-order chi connectivity index (χ0) is 14.1. The third kappa shape index (κ3) is 3.23. The third-order valence-corrected chi connectivity index (χ3v) is 2.75. The molecule has 1 aliphatic heterocycles. The Balaban J connectivity index is 2.92. The van der Waals surface area contributed by atoms with Crippen molar-refractivity contribution >= 4 is 6.09 Å². The second-order valence-corrected chi connectivity index (χ2v) is 5.90. The Bertz CT molecular complexity index is 332. The number of aliphatic hydroxyl groups is 1. The van der Waals surface area contributed by atoms with Gasteiger partial charge in [0, 0.05) is 0 Å². The molecule has 18 heavy (non-hydrogen) atoms. The predicted molar refractivity (Wildman–Crippen MR) is 68.1 cm³/mol. The van der Waals surface area contributed by atoms with Crippen molar-refractivity contribution in [2.24, 2.45) is 0 Å². The molecule has 5 heteroatoms. The first-order valence-corrected chi connectivity index (χ1v) is 6.05. The summed E-state index contributed by atoms with van der Waals surface area (Å²) < 4.78 is 10.9. The van der Waals surface area contributed by atoms with Crippen molar-refractivity contribution in [3.05, 3.63) is 12.7 Å². The minimum absolute atomic E-state index is 0.263. The fourth-order valence-electron chi connectivity index (χ4n) is 1.91. The van der Waals surface area contributed by atoms with E-state index in [0.717, 1.165) is 0 Å². The molecule has 1 fully saturated rings. The second kappa shape index (κ2) is 4.90. The maximum absolute atomic E-state index is 12.2. The monoisotopic (exact) mass is 257 g/mol. The van der Waals surface area contributed by atoms with Gasteiger partial charge in [-0.25, -0.2) is 4.79 Å². The van der Waals surface area contributed by atoms with E-state index in [1.165, 1.54) is 11.0 Å². The van der Waals surface area contributed by atoms with E-state index >= 15 is 0 Å². The van der Waals surface area contributed by atoms with Crippen LogP contribution in [0.2, 0.25) is 0 Å². The molecule has 2 atom stereocenters. The predicted octanol–water partition coefficient (Wildman–Crippen LogP) is 1.91. The number of ether oxygens (including phenoxy) is 2. The van der Waals surface area contributed by atoms with Gasteiger partial charge in [0.25, 0.3) is 0 Å². The lowest BCUT2D eigenvalue weighted by Gasteiger charge is -2.35. The summed E-state index contributed by atoms with van der Waals surface area (Å²) in [5, 5.41) is 9.86. The van der Waals surface area contributed by atoms with E-state index < -0.39 is 29.6 Å². The molecule has 1 aliphatic rings. The number of nitrogens with zero attached hydrogens (tertiary/aromatic N) is 1. The van der Waals surface area contributed by atoms with Crippen LogP contribution in [0.5, 0.6) is 0 Å². The maximum atomic E-state index is 12.2. The number of rotatable bonds is 2. The van der Waals surface area contributed by atoms with E-state index in [0.29, 0.717) is 0 Å². The smallest absolute Gasteiger partial charge is 0.413 e. The summed E-state index contributed by atoms with van der Waals surface area (Å²) in [7, 11) is 0. The molecule has 0 saturated carbocycles. The van der Waals surface area contributed by atoms with Gasteiger partial charge in [0.15, 0.2) is 0 Å². The molecule has 0 spiro atoms. The zero-order valence-electron chi connectivity index (χ0n) is 11.8. The lowest BCUT2D eigenvalue weighted by molar-refractivity contribution is -0.0660. The van der Waals surface area contributed by atoms with Crippen molar-refractivity contribution in [1.82, 2.24) is 4.90 Å². The van der Waals surface area contributed by atoms with Gasteiger partial charge in [0.05, 0.1) is 18.8 Å². The van der Waals surface area contributed by atoms with Crippen LogP contribution in [0.15, 0.2) is 12.7 Å². The average molecular weight is 257 g/mol. The molecule has 1 unspecified atom stereocenters. The highest BCUT2D eigenvalue weighted by atomic mass is 16.6. The summed E-state index contributed by atoms with van der Waals surface area (Å²) in [4.78, 5) is 13.6. The van der Waals surface area contributed by atoms with Gasteiger partial charge in [-0.15, -0.1) is 6.58 Å². The molecular weight excluding hydrogens is 234 g/mol. The molecule has 5 nitrogen and oxygen atoms in total. The molecule has 104 valence electrons. The number of hydrogen-bond donors (Lipinski definition) is 1. The SMILES string of the molecule is C=C[C@H](O)C1COC(C)(C)N1C(=O)OC(C)(C)C. The van der Waals surface area contributed by atoms with Gasteiger partial charge in [0.2, 0.25) is 0 Å². The standard InChI is InChI=1S/C13H23NO4/c1-7-10(15)9-8-17-13(5,6)14(9)11(16)18-12(2,3)4/h7,9-10,15H,1,8H2,2-6H3/t9?,10-/m0/s1. The van der Waals surface area contributed by atoms with Crippen molar-refractivity contribution in [3.8, 4) is 0 Å². The minimum Gasteiger partial charge on any atom is -0.444 e. The fraction of sp³-hybridized carbons (Fsp3) is 0.769. The largest absolute Gasteiger partial charge is 0.444 e. The first-order valence-electron chi connectivity index (χ1n) is 6.05. The first-order chi connectivity index (χ1) is 8.08.